The molecule has 0 aliphatic rings. The molecule has 90 valence electrons. The van der Waals surface area contributed by atoms with Crippen molar-refractivity contribution in [3.8, 4) is 0 Å². The highest BCUT2D eigenvalue weighted by atomic mass is 16.4. The Hall–Kier alpha value is -2.17. The Morgan fingerprint density at radius 2 is 2.29 bits per heavy atom. The highest BCUT2D eigenvalue weighted by molar-refractivity contribution is 5.87. The monoisotopic (exact) mass is 234 g/mol. The summed E-state index contributed by atoms with van der Waals surface area (Å²) in [5, 5.41) is 11.4. The van der Waals surface area contributed by atoms with Crippen LogP contribution in [0.1, 0.15) is 29.4 Å². The van der Waals surface area contributed by atoms with E-state index in [0.29, 0.717) is 18.7 Å². The van der Waals surface area contributed by atoms with Crippen molar-refractivity contribution in [3.63, 3.8) is 0 Å². The number of pyridine rings is 1. The summed E-state index contributed by atoms with van der Waals surface area (Å²) in [5.41, 5.74) is 0.800. The summed E-state index contributed by atoms with van der Waals surface area (Å²) in [4.78, 5) is 25.3. The van der Waals surface area contributed by atoms with Crippen LogP contribution in [-0.4, -0.2) is 28.5 Å². The number of aromatic nitrogens is 1. The van der Waals surface area contributed by atoms with Gasteiger partial charge in [0.1, 0.15) is 0 Å². The van der Waals surface area contributed by atoms with Crippen LogP contribution < -0.4 is 5.32 Å². The molecule has 0 atom stereocenters. The van der Waals surface area contributed by atoms with Gasteiger partial charge in [-0.1, -0.05) is 6.08 Å². The molecule has 2 N–H and O–H groups in total. The molecule has 0 aliphatic heterocycles. The van der Waals surface area contributed by atoms with Gasteiger partial charge in [-0.05, 0) is 24.6 Å². The maximum absolute atomic E-state index is 10.7. The van der Waals surface area contributed by atoms with E-state index < -0.39 is 5.97 Å². The average molecular weight is 234 g/mol. The third-order valence-electron chi connectivity index (χ3n) is 2.00. The quantitative estimate of drug-likeness (QED) is 0.753. The van der Waals surface area contributed by atoms with Gasteiger partial charge in [-0.2, -0.15) is 0 Å². The van der Waals surface area contributed by atoms with Crippen molar-refractivity contribution in [3.05, 3.63) is 35.7 Å². The molecule has 5 heteroatoms. The lowest BCUT2D eigenvalue weighted by molar-refractivity contribution is -0.118. The summed E-state index contributed by atoms with van der Waals surface area (Å²) in [6.45, 7) is 2.02. The summed E-state index contributed by atoms with van der Waals surface area (Å²) in [5.74, 6) is -1.04. The summed E-state index contributed by atoms with van der Waals surface area (Å²) in [7, 11) is 0. The number of aromatic carboxylic acids is 1. The molecule has 1 heterocycles. The summed E-state index contributed by atoms with van der Waals surface area (Å²) >= 11 is 0. The number of hydrogen-bond acceptors (Lipinski definition) is 3. The predicted octanol–water partition coefficient (Wildman–Crippen LogP) is 1.32. The maximum atomic E-state index is 10.7. The molecule has 1 aromatic heterocycles. The van der Waals surface area contributed by atoms with Gasteiger partial charge in [0.25, 0.3) is 0 Å². The molecule has 0 unspecified atom stereocenters. The van der Waals surface area contributed by atoms with Crippen LogP contribution in [0.5, 0.6) is 0 Å². The zero-order valence-corrected chi connectivity index (χ0v) is 9.51. The second kappa shape index (κ2) is 6.42. The van der Waals surface area contributed by atoms with Crippen LogP contribution in [0.25, 0.3) is 6.08 Å². The Balaban J connectivity index is 2.50. The van der Waals surface area contributed by atoms with Gasteiger partial charge in [0, 0.05) is 19.7 Å². The van der Waals surface area contributed by atoms with Gasteiger partial charge in [-0.25, -0.2) is 4.79 Å². The van der Waals surface area contributed by atoms with E-state index in [4.69, 9.17) is 5.11 Å². The molecule has 1 aromatic rings. The van der Waals surface area contributed by atoms with Crippen LogP contribution in [0.2, 0.25) is 0 Å². The molecule has 0 bridgehead atoms. The van der Waals surface area contributed by atoms with Crippen molar-refractivity contribution < 1.29 is 14.7 Å². The number of carboxylic acids is 1. The van der Waals surface area contributed by atoms with Crippen molar-refractivity contribution in [1.29, 1.82) is 0 Å². The Kier molecular flexibility index (Phi) is 4.87. The first-order chi connectivity index (χ1) is 8.09. The van der Waals surface area contributed by atoms with Gasteiger partial charge in [-0.15, -0.1) is 0 Å². The van der Waals surface area contributed by atoms with E-state index in [0.717, 1.165) is 0 Å². The predicted molar refractivity (Wildman–Crippen MR) is 63.5 cm³/mol. The standard InChI is InChI=1S/C12H14N2O3/c1-9(15)13-6-3-2-4-11-8-10(12(16)17)5-7-14-11/h2,4-5,7-8H,3,6H2,1H3,(H,13,15)(H,16,17). The Morgan fingerprint density at radius 1 is 1.53 bits per heavy atom. The molecule has 5 nitrogen and oxygen atoms in total. The van der Waals surface area contributed by atoms with Crippen molar-refractivity contribution in [1.82, 2.24) is 10.3 Å². The number of carbonyl (C=O) groups excluding carboxylic acids is 1. The van der Waals surface area contributed by atoms with E-state index >= 15 is 0 Å². The topological polar surface area (TPSA) is 79.3 Å². The number of rotatable bonds is 5. The van der Waals surface area contributed by atoms with Crippen LogP contribution in [0.4, 0.5) is 0 Å². The first kappa shape index (κ1) is 12.9. The molecule has 1 rings (SSSR count). The number of carbonyl (C=O) groups is 2. The van der Waals surface area contributed by atoms with Gasteiger partial charge in [0.05, 0.1) is 11.3 Å². The number of amides is 1. The second-order valence-corrected chi connectivity index (χ2v) is 3.45. The van der Waals surface area contributed by atoms with Gasteiger partial charge >= 0.3 is 5.97 Å². The zero-order chi connectivity index (χ0) is 12.7. The van der Waals surface area contributed by atoms with E-state index in [1.54, 1.807) is 6.08 Å². The summed E-state index contributed by atoms with van der Waals surface area (Å²) in [6.07, 6.45) is 5.70. The molecule has 0 saturated carbocycles. The minimum Gasteiger partial charge on any atom is -0.478 e. The number of hydrogen-bond donors (Lipinski definition) is 2. The van der Waals surface area contributed by atoms with E-state index in [-0.39, 0.29) is 11.5 Å². The minimum atomic E-state index is -0.972. The highest BCUT2D eigenvalue weighted by Crippen LogP contribution is 2.04. The molecule has 0 saturated heterocycles. The largest absolute Gasteiger partial charge is 0.478 e. The van der Waals surface area contributed by atoms with Crippen molar-refractivity contribution in [2.45, 2.75) is 13.3 Å². The van der Waals surface area contributed by atoms with Crippen LogP contribution >= 0.6 is 0 Å². The lowest BCUT2D eigenvalue weighted by Crippen LogP contribution is -2.20. The first-order valence-electron chi connectivity index (χ1n) is 5.20. The number of nitrogens with one attached hydrogen (secondary N) is 1. The number of nitrogens with zero attached hydrogens (tertiary/aromatic N) is 1. The summed E-state index contributed by atoms with van der Waals surface area (Å²) in [6, 6.07) is 2.94. The second-order valence-electron chi connectivity index (χ2n) is 3.45. The van der Waals surface area contributed by atoms with Crippen LogP contribution in [0, 0.1) is 0 Å². The van der Waals surface area contributed by atoms with E-state index in [1.165, 1.54) is 25.3 Å². The van der Waals surface area contributed by atoms with Crippen LogP contribution in [0.15, 0.2) is 24.4 Å². The third-order valence-corrected chi connectivity index (χ3v) is 2.00. The normalized spacial score (nSPS) is 10.4. The molecular formula is C12H14N2O3. The minimum absolute atomic E-state index is 0.0654. The van der Waals surface area contributed by atoms with E-state index in [9.17, 15) is 9.59 Å². The molecule has 0 aliphatic carbocycles. The smallest absolute Gasteiger partial charge is 0.335 e. The molecule has 0 radical (unpaired) electrons. The molecule has 1 amide bonds. The van der Waals surface area contributed by atoms with Gasteiger partial charge in [0.2, 0.25) is 5.91 Å². The molecule has 0 fully saturated rings. The lowest BCUT2D eigenvalue weighted by Gasteiger charge is -1.98. The zero-order valence-electron chi connectivity index (χ0n) is 9.51. The van der Waals surface area contributed by atoms with Crippen molar-refractivity contribution in [2.75, 3.05) is 6.54 Å². The van der Waals surface area contributed by atoms with E-state index in [2.05, 4.69) is 10.3 Å². The van der Waals surface area contributed by atoms with Crippen LogP contribution in [-0.2, 0) is 4.79 Å². The van der Waals surface area contributed by atoms with E-state index in [1.807, 2.05) is 6.08 Å². The summed E-state index contributed by atoms with van der Waals surface area (Å²) < 4.78 is 0. The number of carboxylic acid groups (broad SMARTS) is 1. The highest BCUT2D eigenvalue weighted by Gasteiger charge is 2.01. The third kappa shape index (κ3) is 4.92. The Bertz CT molecular complexity index is 441. The Morgan fingerprint density at radius 3 is 2.94 bits per heavy atom. The maximum Gasteiger partial charge on any atom is 0.335 e. The van der Waals surface area contributed by atoms with Crippen molar-refractivity contribution >= 4 is 18.0 Å². The van der Waals surface area contributed by atoms with Crippen molar-refractivity contribution in [2.24, 2.45) is 0 Å². The van der Waals surface area contributed by atoms with Gasteiger partial charge in [-0.3, -0.25) is 9.78 Å². The first-order valence-corrected chi connectivity index (χ1v) is 5.20. The van der Waals surface area contributed by atoms with Gasteiger partial charge in [0.15, 0.2) is 0 Å². The van der Waals surface area contributed by atoms with Gasteiger partial charge < -0.3 is 10.4 Å². The SMILES string of the molecule is CC(=O)NCCC=Cc1cc(C(=O)O)ccn1. The fourth-order valence-electron chi connectivity index (χ4n) is 1.21. The average Bonchev–Trinajstić information content (AvgIpc) is 2.28. The lowest BCUT2D eigenvalue weighted by atomic mass is 10.2. The molecule has 0 aromatic carbocycles. The molecule has 0 spiro atoms. The fraction of sp³-hybridized carbons (Fsp3) is 0.250. The Labute approximate surface area is 99.2 Å². The molecule has 17 heavy (non-hydrogen) atoms. The fourth-order valence-corrected chi connectivity index (χ4v) is 1.21. The molecular weight excluding hydrogens is 220 g/mol. The van der Waals surface area contributed by atoms with Crippen LogP contribution in [0.3, 0.4) is 0 Å².